The Balaban J connectivity index is 0.000000580. The monoisotopic (exact) mass is 588 g/mol. The van der Waals surface area contributed by atoms with Crippen LogP contribution in [-0.2, 0) is 13.1 Å². The third-order valence-electron chi connectivity index (χ3n) is 8.04. The van der Waals surface area contributed by atoms with E-state index in [4.69, 9.17) is 15.3 Å². The quantitative estimate of drug-likeness (QED) is 0.299. The first-order chi connectivity index (χ1) is 19.0. The summed E-state index contributed by atoms with van der Waals surface area (Å²) in [6.45, 7) is 23.4. The van der Waals surface area contributed by atoms with Crippen LogP contribution in [0.1, 0.15) is 63.0 Å². The topological polar surface area (TPSA) is 101 Å². The van der Waals surface area contributed by atoms with Crippen molar-refractivity contribution in [2.75, 3.05) is 39.3 Å². The summed E-state index contributed by atoms with van der Waals surface area (Å²) in [5.41, 5.74) is 2.58. The molecule has 228 valence electrons. The van der Waals surface area contributed by atoms with E-state index in [0.29, 0.717) is 0 Å². The predicted molar refractivity (Wildman–Crippen MR) is 160 cm³/mol. The lowest BCUT2D eigenvalue weighted by atomic mass is 10.2. The third kappa shape index (κ3) is 12.0. The number of carboxylic acids is 1. The molecule has 0 heterocycles. The summed E-state index contributed by atoms with van der Waals surface area (Å²) < 4.78 is 2.40. The number of benzene rings is 3. The molecular formula is C33H49ClN2O5. The smallest absolute Gasteiger partial charge is 0.335 e. The maximum absolute atomic E-state index is 10.7. The van der Waals surface area contributed by atoms with E-state index in [2.05, 4.69) is 102 Å². The molecule has 0 spiro atoms. The van der Waals surface area contributed by atoms with E-state index >= 15 is 0 Å². The molecule has 0 saturated heterocycles. The minimum atomic E-state index is -1.32. The molecule has 3 aromatic rings. The van der Waals surface area contributed by atoms with E-state index < -0.39 is 23.2 Å². The van der Waals surface area contributed by atoms with E-state index in [0.717, 1.165) is 12.1 Å². The fraction of sp³-hybridized carbons (Fsp3) is 0.424. The van der Waals surface area contributed by atoms with E-state index in [1.807, 2.05) is 0 Å². The fourth-order valence-corrected chi connectivity index (χ4v) is 4.68. The summed E-state index contributed by atoms with van der Waals surface area (Å²) in [6, 6.07) is 23.2. The number of aromatic hydroxyl groups is 2. The summed E-state index contributed by atoms with van der Waals surface area (Å²) >= 11 is 0. The van der Waals surface area contributed by atoms with Crippen LogP contribution in [0.2, 0.25) is 0 Å². The molecule has 0 aromatic heterocycles. The minimum absolute atomic E-state index is 0. The molecule has 3 aromatic carbocycles. The van der Waals surface area contributed by atoms with Crippen molar-refractivity contribution in [3.63, 3.8) is 0 Å². The molecule has 7 nitrogen and oxygen atoms in total. The lowest BCUT2D eigenvalue weighted by Gasteiger charge is -2.35. The molecule has 0 atom stereocenters. The lowest BCUT2D eigenvalue weighted by molar-refractivity contribution is -0.936. The van der Waals surface area contributed by atoms with Gasteiger partial charge in [0.1, 0.15) is 24.6 Å². The Morgan fingerprint density at radius 3 is 1.17 bits per heavy atom. The minimum Gasteiger partial charge on any atom is -1.00 e. The second-order valence-corrected chi connectivity index (χ2v) is 10.0. The molecule has 0 unspecified atom stereocenters. The molecule has 0 amide bonds. The van der Waals surface area contributed by atoms with Crippen LogP contribution in [0.15, 0.2) is 72.8 Å². The zero-order valence-electron chi connectivity index (χ0n) is 25.5. The van der Waals surface area contributed by atoms with Crippen molar-refractivity contribution in [2.24, 2.45) is 0 Å². The Morgan fingerprint density at radius 1 is 0.634 bits per heavy atom. The molecule has 3 N–H and O–H groups in total. The third-order valence-corrected chi connectivity index (χ3v) is 8.04. The Bertz CT molecular complexity index is 1040. The van der Waals surface area contributed by atoms with Crippen LogP contribution in [0.25, 0.3) is 0 Å². The van der Waals surface area contributed by atoms with Crippen molar-refractivity contribution in [1.29, 1.82) is 0 Å². The Morgan fingerprint density at radius 2 is 0.927 bits per heavy atom. The summed E-state index contributed by atoms with van der Waals surface area (Å²) in [5, 5.41) is 36.6. The van der Waals surface area contributed by atoms with Crippen LogP contribution in [-0.4, -0.2) is 69.5 Å². The molecule has 0 saturated carbocycles. The van der Waals surface area contributed by atoms with Gasteiger partial charge in [-0.1, -0.05) is 60.7 Å². The predicted octanol–water partition coefficient (Wildman–Crippen LogP) is 3.00. The number of hydrogen-bond donors (Lipinski definition) is 3. The summed E-state index contributed by atoms with van der Waals surface area (Å²) in [4.78, 5) is 10.3. The number of hydrogen-bond acceptors (Lipinski definition) is 4. The van der Waals surface area contributed by atoms with Crippen molar-refractivity contribution in [3.05, 3.63) is 89.5 Å². The molecule has 0 aliphatic rings. The highest BCUT2D eigenvalue weighted by Gasteiger charge is 2.21. The summed E-state index contributed by atoms with van der Waals surface area (Å²) in [5.74, 6) is -3.83. The zero-order chi connectivity index (χ0) is 30.2. The van der Waals surface area contributed by atoms with Gasteiger partial charge in [-0.3, -0.25) is 0 Å². The standard InChI is InChI=1S/2C13H22N.C7H6O5.ClH/c2*1-4-14(5-2,6-3)12-13-10-8-7-9-11-13;8-4-1-3(7(11)12)2-5(9)6(4)10;/h2*7-11H,4-6,12H2,1-3H3;1-2,8-10H,(H,11,12);1H/q2*+1;;/p-2. The Kier molecular flexibility index (Phi) is 17.5. The largest absolute Gasteiger partial charge is 1.00 e. The number of rotatable bonds is 11. The van der Waals surface area contributed by atoms with Crippen molar-refractivity contribution >= 4 is 5.97 Å². The van der Waals surface area contributed by atoms with Gasteiger partial charge in [-0.05, 0) is 59.4 Å². The number of carboxylic acid groups (broad SMARTS) is 1. The van der Waals surface area contributed by atoms with Gasteiger partial charge < -0.3 is 41.8 Å². The molecular weight excluding hydrogens is 540 g/mol. The molecule has 0 aliphatic carbocycles. The van der Waals surface area contributed by atoms with Crippen LogP contribution in [0.5, 0.6) is 17.2 Å². The van der Waals surface area contributed by atoms with Crippen LogP contribution in [0.4, 0.5) is 0 Å². The highest BCUT2D eigenvalue weighted by Crippen LogP contribution is 2.32. The number of phenols is 2. The number of phenolic OH excluding ortho intramolecular Hbond substituents is 2. The number of halogens is 1. The van der Waals surface area contributed by atoms with Crippen LogP contribution in [0, 0.1) is 0 Å². The van der Waals surface area contributed by atoms with E-state index in [1.165, 1.54) is 72.5 Å². The average molecular weight is 589 g/mol. The fourth-order valence-electron chi connectivity index (χ4n) is 4.68. The first-order valence-corrected chi connectivity index (χ1v) is 14.3. The van der Waals surface area contributed by atoms with Gasteiger partial charge in [0.25, 0.3) is 0 Å². The number of nitrogens with zero attached hydrogens (tertiary/aromatic N) is 2. The van der Waals surface area contributed by atoms with Gasteiger partial charge in [0.05, 0.1) is 44.8 Å². The van der Waals surface area contributed by atoms with Crippen LogP contribution in [0.3, 0.4) is 0 Å². The van der Waals surface area contributed by atoms with Crippen molar-refractivity contribution < 1.29 is 46.6 Å². The van der Waals surface area contributed by atoms with Gasteiger partial charge in [-0.25, -0.2) is 4.79 Å². The highest BCUT2D eigenvalue weighted by atomic mass is 35.5. The van der Waals surface area contributed by atoms with E-state index in [9.17, 15) is 9.90 Å². The van der Waals surface area contributed by atoms with E-state index in [1.54, 1.807) is 0 Å². The average Bonchev–Trinajstić information content (AvgIpc) is 2.99. The van der Waals surface area contributed by atoms with Gasteiger partial charge >= 0.3 is 5.97 Å². The number of carbonyl (C=O) groups is 1. The molecule has 3 rings (SSSR count). The van der Waals surface area contributed by atoms with Crippen LogP contribution < -0.4 is 17.5 Å². The van der Waals surface area contributed by atoms with Crippen LogP contribution >= 0.6 is 0 Å². The van der Waals surface area contributed by atoms with Gasteiger partial charge in [-0.15, -0.1) is 0 Å². The van der Waals surface area contributed by atoms with Gasteiger partial charge in [-0.2, -0.15) is 0 Å². The molecule has 0 fully saturated rings. The van der Waals surface area contributed by atoms with Gasteiger partial charge in [0.15, 0.2) is 0 Å². The van der Waals surface area contributed by atoms with Crippen molar-refractivity contribution in [2.45, 2.75) is 54.6 Å². The highest BCUT2D eigenvalue weighted by molar-refractivity contribution is 5.89. The second kappa shape index (κ2) is 19.0. The van der Waals surface area contributed by atoms with Crippen molar-refractivity contribution in [3.8, 4) is 17.2 Å². The molecule has 0 radical (unpaired) electrons. The lowest BCUT2D eigenvalue weighted by Crippen LogP contribution is -3.00. The first-order valence-electron chi connectivity index (χ1n) is 14.3. The molecule has 0 bridgehead atoms. The number of quaternary nitrogens is 2. The van der Waals surface area contributed by atoms with Crippen molar-refractivity contribution in [1.82, 2.24) is 0 Å². The number of aromatic carboxylic acids is 1. The first kappa shape index (κ1) is 37.7. The van der Waals surface area contributed by atoms with Gasteiger partial charge in [0.2, 0.25) is 0 Å². The molecule has 8 heteroatoms. The van der Waals surface area contributed by atoms with Gasteiger partial charge in [0, 0.05) is 11.1 Å². The maximum atomic E-state index is 10.7. The molecule has 0 aliphatic heterocycles. The normalized spacial score (nSPS) is 10.8. The summed E-state index contributed by atoms with van der Waals surface area (Å²) in [7, 11) is 0. The second-order valence-electron chi connectivity index (χ2n) is 10.0. The zero-order valence-corrected chi connectivity index (χ0v) is 26.3. The molecule has 41 heavy (non-hydrogen) atoms. The summed E-state index contributed by atoms with van der Waals surface area (Å²) in [6.07, 6.45) is 0. The SMILES string of the molecule is CC[N+](CC)(CC)Cc1ccccc1.CC[N+](CC)(CC)Cc1ccccc1.O=C(O)c1cc(O)c([O-])c(O)c1.[Cl-]. The Labute approximate surface area is 252 Å². The van der Waals surface area contributed by atoms with E-state index in [-0.39, 0.29) is 18.0 Å². The Hall–Kier alpha value is -3.26. The maximum Gasteiger partial charge on any atom is 0.335 e.